The molecule has 122 valence electrons. The third-order valence-electron chi connectivity index (χ3n) is 3.45. The SMILES string of the molecule is CCN(CC)c1ccc(/C=N\NC(=O)Cc2cccs2)c(O)c1. The van der Waals surface area contributed by atoms with Crippen LogP contribution in [-0.4, -0.2) is 30.3 Å². The molecule has 0 saturated carbocycles. The molecule has 1 aromatic heterocycles. The molecule has 0 radical (unpaired) electrons. The van der Waals surface area contributed by atoms with E-state index in [0.29, 0.717) is 12.0 Å². The number of carbonyl (C=O) groups is 1. The number of nitrogens with one attached hydrogen (secondary N) is 1. The Morgan fingerprint density at radius 1 is 1.35 bits per heavy atom. The van der Waals surface area contributed by atoms with Crippen LogP contribution in [0.15, 0.2) is 40.8 Å². The van der Waals surface area contributed by atoms with Gasteiger partial charge in [0.15, 0.2) is 0 Å². The van der Waals surface area contributed by atoms with Crippen LogP contribution in [0.2, 0.25) is 0 Å². The van der Waals surface area contributed by atoms with Gasteiger partial charge in [-0.05, 0) is 37.4 Å². The maximum absolute atomic E-state index is 11.7. The number of hydrazone groups is 1. The molecule has 0 aliphatic rings. The van der Waals surface area contributed by atoms with Crippen molar-refractivity contribution in [2.45, 2.75) is 20.3 Å². The zero-order valence-electron chi connectivity index (χ0n) is 13.3. The molecule has 0 atom stereocenters. The van der Waals surface area contributed by atoms with Gasteiger partial charge in [0.1, 0.15) is 5.75 Å². The molecule has 1 aromatic carbocycles. The largest absolute Gasteiger partial charge is 0.507 e. The summed E-state index contributed by atoms with van der Waals surface area (Å²) < 4.78 is 0. The molecule has 6 heteroatoms. The molecule has 0 fully saturated rings. The average molecular weight is 331 g/mol. The van der Waals surface area contributed by atoms with E-state index in [0.717, 1.165) is 23.7 Å². The highest BCUT2D eigenvalue weighted by molar-refractivity contribution is 7.10. The van der Waals surface area contributed by atoms with Crippen LogP contribution in [0.3, 0.4) is 0 Å². The number of rotatable bonds is 7. The van der Waals surface area contributed by atoms with Crippen molar-refractivity contribution in [1.29, 1.82) is 0 Å². The highest BCUT2D eigenvalue weighted by atomic mass is 32.1. The molecule has 23 heavy (non-hydrogen) atoms. The first-order valence-corrected chi connectivity index (χ1v) is 8.44. The Bertz CT molecular complexity index is 664. The number of thiophene rings is 1. The molecular weight excluding hydrogens is 310 g/mol. The predicted molar refractivity (Wildman–Crippen MR) is 95.4 cm³/mol. The minimum atomic E-state index is -0.178. The van der Waals surface area contributed by atoms with Gasteiger partial charge in [-0.3, -0.25) is 4.79 Å². The van der Waals surface area contributed by atoms with E-state index in [-0.39, 0.29) is 11.7 Å². The molecule has 0 unspecified atom stereocenters. The molecule has 0 spiro atoms. The summed E-state index contributed by atoms with van der Waals surface area (Å²) in [5.74, 6) is -0.0337. The smallest absolute Gasteiger partial charge is 0.245 e. The summed E-state index contributed by atoms with van der Waals surface area (Å²) in [7, 11) is 0. The number of hydrogen-bond donors (Lipinski definition) is 2. The summed E-state index contributed by atoms with van der Waals surface area (Å²) in [5.41, 5.74) is 4.00. The van der Waals surface area contributed by atoms with E-state index >= 15 is 0 Å². The van der Waals surface area contributed by atoms with Crippen molar-refractivity contribution < 1.29 is 9.90 Å². The van der Waals surface area contributed by atoms with Crippen molar-refractivity contribution in [3.05, 3.63) is 46.2 Å². The number of amides is 1. The molecule has 0 aliphatic heterocycles. The Morgan fingerprint density at radius 3 is 2.74 bits per heavy atom. The first kappa shape index (κ1) is 17.0. The summed E-state index contributed by atoms with van der Waals surface area (Å²) in [6, 6.07) is 9.25. The molecule has 1 heterocycles. The fourth-order valence-corrected chi connectivity index (χ4v) is 2.91. The second-order valence-electron chi connectivity index (χ2n) is 4.96. The number of phenols is 1. The maximum atomic E-state index is 11.7. The molecule has 2 rings (SSSR count). The number of carbonyl (C=O) groups excluding carboxylic acids is 1. The second kappa shape index (κ2) is 8.33. The van der Waals surface area contributed by atoms with Crippen molar-refractivity contribution in [3.8, 4) is 5.75 Å². The number of phenolic OH excluding ortho intramolecular Hbond substituents is 1. The molecule has 0 aliphatic carbocycles. The molecular formula is C17H21N3O2S. The predicted octanol–water partition coefficient (Wildman–Crippen LogP) is 2.99. The van der Waals surface area contributed by atoms with E-state index < -0.39 is 0 Å². The maximum Gasteiger partial charge on any atom is 0.245 e. The van der Waals surface area contributed by atoms with Gasteiger partial charge in [0.2, 0.25) is 5.91 Å². The van der Waals surface area contributed by atoms with Crippen LogP contribution in [0.4, 0.5) is 5.69 Å². The molecule has 2 aromatic rings. The van der Waals surface area contributed by atoms with Gasteiger partial charge in [0, 0.05) is 35.3 Å². The van der Waals surface area contributed by atoms with Crippen molar-refractivity contribution in [1.82, 2.24) is 5.43 Å². The van der Waals surface area contributed by atoms with E-state index in [1.54, 1.807) is 12.1 Å². The standard InChI is InChI=1S/C17H21N3O2S/c1-3-20(4-2)14-8-7-13(16(21)10-14)12-18-19-17(22)11-15-6-5-9-23-15/h5-10,12,21H,3-4,11H2,1-2H3,(H,19,22)/b18-12-. The Hall–Kier alpha value is -2.34. The fraction of sp³-hybridized carbons (Fsp3) is 0.294. The Balaban J connectivity index is 1.95. The van der Waals surface area contributed by atoms with Crippen molar-refractivity contribution >= 4 is 29.1 Å². The molecule has 0 saturated heterocycles. The van der Waals surface area contributed by atoms with Crippen LogP contribution in [0, 0.1) is 0 Å². The minimum Gasteiger partial charge on any atom is -0.507 e. The fourth-order valence-electron chi connectivity index (χ4n) is 2.21. The summed E-state index contributed by atoms with van der Waals surface area (Å²) in [4.78, 5) is 14.9. The lowest BCUT2D eigenvalue weighted by atomic mass is 10.2. The van der Waals surface area contributed by atoms with Crippen LogP contribution >= 0.6 is 11.3 Å². The highest BCUT2D eigenvalue weighted by Gasteiger charge is 2.06. The lowest BCUT2D eigenvalue weighted by molar-refractivity contribution is -0.120. The minimum absolute atomic E-state index is 0.144. The van der Waals surface area contributed by atoms with Gasteiger partial charge in [-0.2, -0.15) is 5.10 Å². The van der Waals surface area contributed by atoms with Crippen LogP contribution in [0.25, 0.3) is 0 Å². The number of hydrogen-bond acceptors (Lipinski definition) is 5. The Kier molecular flexibility index (Phi) is 6.17. The summed E-state index contributed by atoms with van der Waals surface area (Å²) in [5, 5.41) is 15.9. The molecule has 0 bridgehead atoms. The van der Waals surface area contributed by atoms with E-state index in [2.05, 4.69) is 29.3 Å². The number of aromatic hydroxyl groups is 1. The zero-order chi connectivity index (χ0) is 16.7. The summed E-state index contributed by atoms with van der Waals surface area (Å²) in [6.07, 6.45) is 1.76. The van der Waals surface area contributed by atoms with Gasteiger partial charge < -0.3 is 10.0 Å². The van der Waals surface area contributed by atoms with E-state index in [4.69, 9.17) is 0 Å². The van der Waals surface area contributed by atoms with Gasteiger partial charge in [-0.15, -0.1) is 11.3 Å². The number of benzene rings is 1. The third kappa shape index (κ3) is 4.82. The van der Waals surface area contributed by atoms with Crippen LogP contribution in [0.1, 0.15) is 24.3 Å². The number of nitrogens with zero attached hydrogens (tertiary/aromatic N) is 2. The van der Waals surface area contributed by atoms with Gasteiger partial charge in [-0.1, -0.05) is 6.07 Å². The van der Waals surface area contributed by atoms with Gasteiger partial charge in [0.25, 0.3) is 0 Å². The average Bonchev–Trinajstić information content (AvgIpc) is 3.03. The lowest BCUT2D eigenvalue weighted by Gasteiger charge is -2.21. The van der Waals surface area contributed by atoms with Crippen LogP contribution < -0.4 is 10.3 Å². The lowest BCUT2D eigenvalue weighted by Crippen LogP contribution is -2.21. The van der Waals surface area contributed by atoms with E-state index in [1.165, 1.54) is 17.6 Å². The number of anilines is 1. The Morgan fingerprint density at radius 2 is 2.13 bits per heavy atom. The molecule has 1 amide bonds. The van der Waals surface area contributed by atoms with E-state index in [9.17, 15) is 9.90 Å². The summed E-state index contributed by atoms with van der Waals surface area (Å²) >= 11 is 1.53. The summed E-state index contributed by atoms with van der Waals surface area (Å²) in [6.45, 7) is 5.89. The first-order valence-electron chi connectivity index (χ1n) is 7.56. The molecule has 5 nitrogen and oxygen atoms in total. The topological polar surface area (TPSA) is 64.9 Å². The molecule has 2 N–H and O–H groups in total. The zero-order valence-corrected chi connectivity index (χ0v) is 14.1. The van der Waals surface area contributed by atoms with Gasteiger partial charge in [0.05, 0.1) is 12.6 Å². The van der Waals surface area contributed by atoms with Crippen LogP contribution in [0.5, 0.6) is 5.75 Å². The monoisotopic (exact) mass is 331 g/mol. The quantitative estimate of drug-likeness (QED) is 0.605. The van der Waals surface area contributed by atoms with Crippen molar-refractivity contribution in [2.75, 3.05) is 18.0 Å². The van der Waals surface area contributed by atoms with Gasteiger partial charge >= 0.3 is 0 Å². The normalized spacial score (nSPS) is 10.9. The van der Waals surface area contributed by atoms with Crippen LogP contribution in [-0.2, 0) is 11.2 Å². The third-order valence-corrected chi connectivity index (χ3v) is 4.33. The van der Waals surface area contributed by atoms with E-state index in [1.807, 2.05) is 23.6 Å². The highest BCUT2D eigenvalue weighted by Crippen LogP contribution is 2.23. The second-order valence-corrected chi connectivity index (χ2v) is 6.00. The van der Waals surface area contributed by atoms with Crippen molar-refractivity contribution in [3.63, 3.8) is 0 Å². The van der Waals surface area contributed by atoms with Gasteiger partial charge in [-0.25, -0.2) is 5.43 Å². The Labute approximate surface area is 140 Å². The van der Waals surface area contributed by atoms with Crippen molar-refractivity contribution in [2.24, 2.45) is 5.10 Å². The first-order chi connectivity index (χ1) is 11.1.